The van der Waals surface area contributed by atoms with Gasteiger partial charge in [-0.1, -0.05) is 6.92 Å². The summed E-state index contributed by atoms with van der Waals surface area (Å²) in [5, 5.41) is 0. The number of hydrogen-bond acceptors (Lipinski definition) is 3. The molecule has 1 saturated heterocycles. The van der Waals surface area contributed by atoms with Crippen LogP contribution in [-0.2, 0) is 9.47 Å². The van der Waals surface area contributed by atoms with Crippen LogP contribution in [0.3, 0.4) is 0 Å². The Morgan fingerprint density at radius 2 is 2.00 bits per heavy atom. The Morgan fingerprint density at radius 1 is 1.36 bits per heavy atom. The van der Waals surface area contributed by atoms with Gasteiger partial charge in [0.25, 0.3) is 0 Å². The first-order valence-corrected chi connectivity index (χ1v) is 4.31. The highest BCUT2D eigenvalue weighted by molar-refractivity contribution is 4.71. The largest absolute Gasteiger partial charge is 0.350 e. The topological polar surface area (TPSA) is 44.5 Å². The fourth-order valence-electron chi connectivity index (χ4n) is 1.36. The molecule has 0 amide bonds. The summed E-state index contributed by atoms with van der Waals surface area (Å²) in [6.45, 7) is 4.33. The maximum atomic E-state index is 5.55. The Bertz CT molecular complexity index is 105. The van der Waals surface area contributed by atoms with Gasteiger partial charge in [-0.2, -0.15) is 0 Å². The molecule has 0 aromatic heterocycles. The highest BCUT2D eigenvalue weighted by atomic mass is 16.7. The van der Waals surface area contributed by atoms with Crippen molar-refractivity contribution >= 4 is 0 Å². The Kier molecular flexibility index (Phi) is 3.30. The van der Waals surface area contributed by atoms with Gasteiger partial charge in [0.05, 0.1) is 13.2 Å². The summed E-state index contributed by atoms with van der Waals surface area (Å²) in [4.78, 5) is 0. The van der Waals surface area contributed by atoms with Crippen molar-refractivity contribution in [2.75, 3.05) is 19.8 Å². The van der Waals surface area contributed by atoms with Crippen molar-refractivity contribution in [2.45, 2.75) is 32.0 Å². The second kappa shape index (κ2) is 4.04. The van der Waals surface area contributed by atoms with Crippen LogP contribution in [0.1, 0.15) is 26.2 Å². The second-order valence-corrected chi connectivity index (χ2v) is 2.85. The van der Waals surface area contributed by atoms with E-state index in [4.69, 9.17) is 15.2 Å². The molecule has 0 unspecified atom stereocenters. The highest BCUT2D eigenvalue weighted by Crippen LogP contribution is 2.25. The lowest BCUT2D eigenvalue weighted by atomic mass is 10.1. The Morgan fingerprint density at radius 3 is 2.45 bits per heavy atom. The van der Waals surface area contributed by atoms with Crippen LogP contribution < -0.4 is 5.73 Å². The third-order valence-electron chi connectivity index (χ3n) is 2.08. The van der Waals surface area contributed by atoms with Crippen molar-refractivity contribution in [1.82, 2.24) is 0 Å². The molecule has 0 aromatic carbocycles. The Hall–Kier alpha value is -0.120. The van der Waals surface area contributed by atoms with Crippen molar-refractivity contribution in [2.24, 2.45) is 5.73 Å². The van der Waals surface area contributed by atoms with Gasteiger partial charge in [0.1, 0.15) is 0 Å². The molecule has 0 spiro atoms. The number of ether oxygens (including phenoxy) is 2. The van der Waals surface area contributed by atoms with E-state index in [9.17, 15) is 0 Å². The van der Waals surface area contributed by atoms with Crippen LogP contribution in [0.25, 0.3) is 0 Å². The van der Waals surface area contributed by atoms with Crippen LogP contribution in [-0.4, -0.2) is 25.5 Å². The predicted molar refractivity (Wildman–Crippen MR) is 43.2 cm³/mol. The summed E-state index contributed by atoms with van der Waals surface area (Å²) in [6, 6.07) is 0. The summed E-state index contributed by atoms with van der Waals surface area (Å²) in [7, 11) is 0. The first kappa shape index (κ1) is 8.97. The third kappa shape index (κ3) is 2.15. The van der Waals surface area contributed by atoms with Crippen LogP contribution in [0.2, 0.25) is 0 Å². The van der Waals surface area contributed by atoms with Gasteiger partial charge in [-0.25, -0.2) is 0 Å². The first-order valence-electron chi connectivity index (χ1n) is 4.31. The van der Waals surface area contributed by atoms with E-state index < -0.39 is 0 Å². The SMILES string of the molecule is CCC1(CCN)OCCCO1. The maximum Gasteiger partial charge on any atom is 0.169 e. The molecule has 0 bridgehead atoms. The van der Waals surface area contributed by atoms with Gasteiger partial charge < -0.3 is 15.2 Å². The summed E-state index contributed by atoms with van der Waals surface area (Å²) in [5.74, 6) is -0.354. The van der Waals surface area contributed by atoms with E-state index in [-0.39, 0.29) is 5.79 Å². The first-order chi connectivity index (χ1) is 5.33. The average Bonchev–Trinajstić information content (AvgIpc) is 2.07. The molecular formula is C8H17NO2. The number of hydrogen-bond donors (Lipinski definition) is 1. The van der Waals surface area contributed by atoms with Gasteiger partial charge in [0.15, 0.2) is 5.79 Å². The molecule has 0 radical (unpaired) electrons. The Labute approximate surface area is 67.9 Å². The summed E-state index contributed by atoms with van der Waals surface area (Å²) in [5.41, 5.74) is 5.46. The van der Waals surface area contributed by atoms with Gasteiger partial charge in [0.2, 0.25) is 0 Å². The normalized spacial score (nSPS) is 23.5. The van der Waals surface area contributed by atoms with Crippen molar-refractivity contribution in [3.63, 3.8) is 0 Å². The van der Waals surface area contributed by atoms with Crippen molar-refractivity contribution in [3.05, 3.63) is 0 Å². The summed E-state index contributed by atoms with van der Waals surface area (Å²) in [6.07, 6.45) is 2.71. The van der Waals surface area contributed by atoms with Gasteiger partial charge in [-0.15, -0.1) is 0 Å². The van der Waals surface area contributed by atoms with Crippen molar-refractivity contribution in [3.8, 4) is 0 Å². The van der Waals surface area contributed by atoms with E-state index in [1.165, 1.54) is 0 Å². The standard InChI is InChI=1S/C8H17NO2/c1-2-8(4-5-9)10-6-3-7-11-8/h2-7,9H2,1H3. The molecule has 1 heterocycles. The van der Waals surface area contributed by atoms with Crippen molar-refractivity contribution in [1.29, 1.82) is 0 Å². The minimum absolute atomic E-state index is 0.354. The molecule has 1 aliphatic rings. The number of nitrogens with two attached hydrogens (primary N) is 1. The molecule has 3 heteroatoms. The molecule has 2 N–H and O–H groups in total. The van der Waals surface area contributed by atoms with Gasteiger partial charge in [0, 0.05) is 6.42 Å². The van der Waals surface area contributed by atoms with E-state index in [0.717, 1.165) is 32.5 Å². The minimum Gasteiger partial charge on any atom is -0.350 e. The van der Waals surface area contributed by atoms with Crippen LogP contribution in [0.5, 0.6) is 0 Å². The molecule has 1 fully saturated rings. The van der Waals surface area contributed by atoms with E-state index >= 15 is 0 Å². The zero-order chi connectivity index (χ0) is 8.16. The van der Waals surface area contributed by atoms with E-state index in [2.05, 4.69) is 6.92 Å². The lowest BCUT2D eigenvalue weighted by molar-refractivity contribution is -0.270. The van der Waals surface area contributed by atoms with E-state index in [0.29, 0.717) is 6.54 Å². The predicted octanol–water partition coefficient (Wildman–Crippen LogP) is 0.878. The maximum absolute atomic E-state index is 5.55. The molecule has 11 heavy (non-hydrogen) atoms. The third-order valence-corrected chi connectivity index (χ3v) is 2.08. The molecule has 0 aliphatic carbocycles. The quantitative estimate of drug-likeness (QED) is 0.664. The molecule has 0 saturated carbocycles. The monoisotopic (exact) mass is 159 g/mol. The molecule has 0 atom stereocenters. The van der Waals surface area contributed by atoms with Crippen LogP contribution in [0.4, 0.5) is 0 Å². The molecular weight excluding hydrogens is 142 g/mol. The smallest absolute Gasteiger partial charge is 0.169 e. The van der Waals surface area contributed by atoms with Crippen molar-refractivity contribution < 1.29 is 9.47 Å². The minimum atomic E-state index is -0.354. The summed E-state index contributed by atoms with van der Waals surface area (Å²) >= 11 is 0. The van der Waals surface area contributed by atoms with Crippen LogP contribution >= 0.6 is 0 Å². The zero-order valence-corrected chi connectivity index (χ0v) is 7.14. The molecule has 1 aliphatic heterocycles. The van der Waals surface area contributed by atoms with E-state index in [1.807, 2.05) is 0 Å². The fourth-order valence-corrected chi connectivity index (χ4v) is 1.36. The average molecular weight is 159 g/mol. The fraction of sp³-hybridized carbons (Fsp3) is 1.00. The highest BCUT2D eigenvalue weighted by Gasteiger charge is 2.31. The summed E-state index contributed by atoms with van der Waals surface area (Å²) < 4.78 is 11.1. The lowest BCUT2D eigenvalue weighted by Crippen LogP contribution is -2.41. The van der Waals surface area contributed by atoms with Crippen LogP contribution in [0, 0.1) is 0 Å². The molecule has 0 aromatic rings. The lowest BCUT2D eigenvalue weighted by Gasteiger charge is -2.36. The van der Waals surface area contributed by atoms with E-state index in [1.54, 1.807) is 0 Å². The van der Waals surface area contributed by atoms with Gasteiger partial charge >= 0.3 is 0 Å². The number of rotatable bonds is 3. The zero-order valence-electron chi connectivity index (χ0n) is 7.14. The Balaban J connectivity index is 2.42. The van der Waals surface area contributed by atoms with Gasteiger partial charge in [-0.3, -0.25) is 0 Å². The molecule has 3 nitrogen and oxygen atoms in total. The van der Waals surface area contributed by atoms with Gasteiger partial charge in [-0.05, 0) is 19.4 Å². The molecule has 66 valence electrons. The van der Waals surface area contributed by atoms with Crippen LogP contribution in [0.15, 0.2) is 0 Å². The second-order valence-electron chi connectivity index (χ2n) is 2.85. The molecule has 1 rings (SSSR count).